The standard InChI is InChI=1S/C15H23NO2/c1-2-15(18)13-3-5-14(6-4-13)16-9-7-12(11-16)8-10-17/h3-6,12,15,17-18H,2,7-11H2,1H3. The highest BCUT2D eigenvalue weighted by Gasteiger charge is 2.22. The minimum atomic E-state index is -0.347. The molecule has 0 aliphatic carbocycles. The van der Waals surface area contributed by atoms with Crippen LogP contribution in [0.15, 0.2) is 24.3 Å². The minimum absolute atomic E-state index is 0.292. The predicted octanol–water partition coefficient (Wildman–Crippen LogP) is 2.34. The molecule has 0 saturated carbocycles. The van der Waals surface area contributed by atoms with E-state index in [1.165, 1.54) is 12.1 Å². The average molecular weight is 249 g/mol. The Morgan fingerprint density at radius 1 is 1.33 bits per heavy atom. The van der Waals surface area contributed by atoms with Gasteiger partial charge in [0.1, 0.15) is 0 Å². The maximum atomic E-state index is 9.76. The van der Waals surface area contributed by atoms with Gasteiger partial charge in [0.2, 0.25) is 0 Å². The Morgan fingerprint density at radius 3 is 2.67 bits per heavy atom. The molecule has 100 valence electrons. The number of anilines is 1. The molecule has 1 aliphatic heterocycles. The van der Waals surface area contributed by atoms with Crippen molar-refractivity contribution in [3.05, 3.63) is 29.8 Å². The van der Waals surface area contributed by atoms with E-state index >= 15 is 0 Å². The van der Waals surface area contributed by atoms with E-state index in [1.807, 2.05) is 19.1 Å². The van der Waals surface area contributed by atoms with Crippen LogP contribution in [0.1, 0.15) is 37.9 Å². The molecule has 0 bridgehead atoms. The number of benzene rings is 1. The van der Waals surface area contributed by atoms with Crippen LogP contribution in [0.3, 0.4) is 0 Å². The monoisotopic (exact) mass is 249 g/mol. The summed E-state index contributed by atoms with van der Waals surface area (Å²) < 4.78 is 0. The fourth-order valence-electron chi connectivity index (χ4n) is 2.63. The third-order valence-corrected chi connectivity index (χ3v) is 3.85. The van der Waals surface area contributed by atoms with E-state index < -0.39 is 0 Å². The van der Waals surface area contributed by atoms with Crippen molar-refractivity contribution in [3.63, 3.8) is 0 Å². The summed E-state index contributed by atoms with van der Waals surface area (Å²) in [4.78, 5) is 2.36. The average Bonchev–Trinajstić information content (AvgIpc) is 2.87. The molecule has 1 heterocycles. The number of hydrogen-bond donors (Lipinski definition) is 2. The summed E-state index contributed by atoms with van der Waals surface area (Å²) in [6.45, 7) is 4.38. The van der Waals surface area contributed by atoms with Gasteiger partial charge in [0.05, 0.1) is 6.10 Å². The third kappa shape index (κ3) is 3.03. The molecule has 2 unspecified atom stereocenters. The van der Waals surface area contributed by atoms with E-state index in [4.69, 9.17) is 5.11 Å². The van der Waals surface area contributed by atoms with Crippen molar-refractivity contribution in [2.24, 2.45) is 5.92 Å². The zero-order valence-electron chi connectivity index (χ0n) is 11.0. The van der Waals surface area contributed by atoms with Crippen LogP contribution in [0.5, 0.6) is 0 Å². The van der Waals surface area contributed by atoms with Crippen molar-refractivity contribution in [1.29, 1.82) is 0 Å². The summed E-state index contributed by atoms with van der Waals surface area (Å²) >= 11 is 0. The molecule has 2 atom stereocenters. The van der Waals surface area contributed by atoms with Crippen LogP contribution in [0, 0.1) is 5.92 Å². The molecule has 0 amide bonds. The van der Waals surface area contributed by atoms with Crippen molar-refractivity contribution in [3.8, 4) is 0 Å². The van der Waals surface area contributed by atoms with Gasteiger partial charge in [0.15, 0.2) is 0 Å². The molecule has 0 aromatic heterocycles. The first-order chi connectivity index (χ1) is 8.74. The molecule has 1 fully saturated rings. The molecular weight excluding hydrogens is 226 g/mol. The molecule has 2 rings (SSSR count). The lowest BCUT2D eigenvalue weighted by molar-refractivity contribution is 0.173. The molecule has 18 heavy (non-hydrogen) atoms. The van der Waals surface area contributed by atoms with Crippen molar-refractivity contribution in [2.45, 2.75) is 32.3 Å². The van der Waals surface area contributed by atoms with Gasteiger partial charge in [-0.05, 0) is 42.9 Å². The van der Waals surface area contributed by atoms with Crippen molar-refractivity contribution >= 4 is 5.69 Å². The SMILES string of the molecule is CCC(O)c1ccc(N2CCC(CCO)C2)cc1. The van der Waals surface area contributed by atoms with Gasteiger partial charge in [-0.25, -0.2) is 0 Å². The van der Waals surface area contributed by atoms with Crippen LogP contribution in [0.4, 0.5) is 5.69 Å². The van der Waals surface area contributed by atoms with Crippen LogP contribution in [0.25, 0.3) is 0 Å². The van der Waals surface area contributed by atoms with Gasteiger partial charge in [-0.2, -0.15) is 0 Å². The van der Waals surface area contributed by atoms with E-state index in [0.29, 0.717) is 12.5 Å². The molecule has 1 saturated heterocycles. The van der Waals surface area contributed by atoms with Crippen LogP contribution >= 0.6 is 0 Å². The van der Waals surface area contributed by atoms with E-state index in [2.05, 4.69) is 17.0 Å². The van der Waals surface area contributed by atoms with Gasteiger partial charge < -0.3 is 15.1 Å². The molecule has 3 heteroatoms. The largest absolute Gasteiger partial charge is 0.396 e. The maximum absolute atomic E-state index is 9.76. The fourth-order valence-corrected chi connectivity index (χ4v) is 2.63. The van der Waals surface area contributed by atoms with Gasteiger partial charge >= 0.3 is 0 Å². The first kappa shape index (κ1) is 13.4. The van der Waals surface area contributed by atoms with E-state index in [0.717, 1.165) is 31.5 Å². The van der Waals surface area contributed by atoms with Crippen LogP contribution in [0.2, 0.25) is 0 Å². The lowest BCUT2D eigenvalue weighted by Crippen LogP contribution is -2.19. The molecule has 1 aliphatic rings. The Labute approximate surface area is 109 Å². The molecule has 1 aromatic carbocycles. The summed E-state index contributed by atoms with van der Waals surface area (Å²) in [7, 11) is 0. The molecular formula is C15H23NO2. The highest BCUT2D eigenvalue weighted by molar-refractivity contribution is 5.48. The molecule has 3 nitrogen and oxygen atoms in total. The summed E-state index contributed by atoms with van der Waals surface area (Å²) in [6.07, 6.45) is 2.48. The topological polar surface area (TPSA) is 43.7 Å². The van der Waals surface area contributed by atoms with E-state index in [-0.39, 0.29) is 6.10 Å². The second kappa shape index (κ2) is 6.21. The second-order valence-corrected chi connectivity index (χ2v) is 5.13. The number of nitrogens with zero attached hydrogens (tertiary/aromatic N) is 1. The lowest BCUT2D eigenvalue weighted by atomic mass is 10.1. The zero-order chi connectivity index (χ0) is 13.0. The first-order valence-corrected chi connectivity index (χ1v) is 6.88. The summed E-state index contributed by atoms with van der Waals surface area (Å²) in [5.41, 5.74) is 2.22. The number of aliphatic hydroxyl groups is 2. The van der Waals surface area contributed by atoms with Crippen molar-refractivity contribution in [2.75, 3.05) is 24.6 Å². The highest BCUT2D eigenvalue weighted by atomic mass is 16.3. The van der Waals surface area contributed by atoms with E-state index in [1.54, 1.807) is 0 Å². The second-order valence-electron chi connectivity index (χ2n) is 5.13. The highest BCUT2D eigenvalue weighted by Crippen LogP contribution is 2.27. The Morgan fingerprint density at radius 2 is 2.06 bits per heavy atom. The van der Waals surface area contributed by atoms with Crippen molar-refractivity contribution in [1.82, 2.24) is 0 Å². The van der Waals surface area contributed by atoms with Crippen LogP contribution in [-0.2, 0) is 0 Å². The minimum Gasteiger partial charge on any atom is -0.396 e. The summed E-state index contributed by atoms with van der Waals surface area (Å²) in [5.74, 6) is 0.621. The quantitative estimate of drug-likeness (QED) is 0.842. The number of rotatable bonds is 5. The summed E-state index contributed by atoms with van der Waals surface area (Å²) in [6, 6.07) is 8.22. The Kier molecular flexibility index (Phi) is 4.61. The predicted molar refractivity (Wildman–Crippen MR) is 73.7 cm³/mol. The Bertz CT molecular complexity index is 363. The zero-order valence-corrected chi connectivity index (χ0v) is 11.0. The van der Waals surface area contributed by atoms with Gasteiger partial charge in [-0.15, -0.1) is 0 Å². The molecule has 0 radical (unpaired) electrons. The first-order valence-electron chi connectivity index (χ1n) is 6.88. The molecule has 1 aromatic rings. The van der Waals surface area contributed by atoms with Crippen LogP contribution < -0.4 is 4.90 Å². The van der Waals surface area contributed by atoms with E-state index in [9.17, 15) is 5.11 Å². The van der Waals surface area contributed by atoms with Gasteiger partial charge in [0.25, 0.3) is 0 Å². The number of hydrogen-bond acceptors (Lipinski definition) is 3. The normalized spacial score (nSPS) is 21.3. The third-order valence-electron chi connectivity index (χ3n) is 3.85. The van der Waals surface area contributed by atoms with Gasteiger partial charge in [0, 0.05) is 25.4 Å². The van der Waals surface area contributed by atoms with Gasteiger partial charge in [-0.1, -0.05) is 19.1 Å². The summed E-state index contributed by atoms with van der Waals surface area (Å²) in [5, 5.41) is 18.7. The fraction of sp³-hybridized carbons (Fsp3) is 0.600. The Hall–Kier alpha value is -1.06. The van der Waals surface area contributed by atoms with Gasteiger partial charge in [-0.3, -0.25) is 0 Å². The van der Waals surface area contributed by atoms with Crippen LogP contribution in [-0.4, -0.2) is 29.9 Å². The smallest absolute Gasteiger partial charge is 0.0787 e. The Balaban J connectivity index is 1.98. The maximum Gasteiger partial charge on any atom is 0.0787 e. The molecule has 0 spiro atoms. The molecule has 2 N–H and O–H groups in total. The lowest BCUT2D eigenvalue weighted by Gasteiger charge is -2.19. The number of aliphatic hydroxyl groups excluding tert-OH is 2. The van der Waals surface area contributed by atoms with Crippen molar-refractivity contribution < 1.29 is 10.2 Å².